The maximum absolute atomic E-state index is 5.38. The quantitative estimate of drug-likeness (QED) is 0.821. The van der Waals surface area contributed by atoms with Crippen molar-refractivity contribution in [2.75, 3.05) is 24.8 Å². The number of nitrogens with one attached hydrogen (secondary N) is 2. The van der Waals surface area contributed by atoms with Crippen molar-refractivity contribution < 1.29 is 4.74 Å². The number of nitrogens with zero attached hydrogens (tertiary/aromatic N) is 2. The minimum absolute atomic E-state index is 0.201. The summed E-state index contributed by atoms with van der Waals surface area (Å²) in [5.74, 6) is 2.19. The summed E-state index contributed by atoms with van der Waals surface area (Å²) in [5, 5.41) is 6.53. The van der Waals surface area contributed by atoms with Crippen LogP contribution in [0.3, 0.4) is 0 Å². The predicted octanol–water partition coefficient (Wildman–Crippen LogP) is 2.27. The van der Waals surface area contributed by atoms with Gasteiger partial charge in [-0.05, 0) is 25.7 Å². The molecule has 0 spiro atoms. The second kappa shape index (κ2) is 4.77. The van der Waals surface area contributed by atoms with Crippen LogP contribution < -0.4 is 15.4 Å². The highest BCUT2D eigenvalue weighted by Gasteiger charge is 2.36. The van der Waals surface area contributed by atoms with E-state index in [1.54, 1.807) is 13.4 Å². The first-order valence-electron chi connectivity index (χ1n) is 6.09. The Hall–Kier alpha value is -1.52. The van der Waals surface area contributed by atoms with Crippen LogP contribution in [0.2, 0.25) is 0 Å². The van der Waals surface area contributed by atoms with Crippen molar-refractivity contribution in [2.24, 2.45) is 0 Å². The fourth-order valence-corrected chi connectivity index (χ4v) is 2.26. The Balaban J connectivity index is 2.25. The second-order valence-corrected chi connectivity index (χ2v) is 4.47. The van der Waals surface area contributed by atoms with E-state index in [1.165, 1.54) is 19.3 Å². The number of ether oxygens (including phenoxy) is 1. The average Bonchev–Trinajstić information content (AvgIpc) is 2.33. The number of hydrogen-bond donors (Lipinski definition) is 2. The van der Waals surface area contributed by atoms with E-state index in [0.717, 1.165) is 18.1 Å². The van der Waals surface area contributed by atoms with Gasteiger partial charge in [-0.15, -0.1) is 0 Å². The highest BCUT2D eigenvalue weighted by molar-refractivity contribution is 5.64. The fraction of sp³-hybridized carbons (Fsp3) is 0.667. The van der Waals surface area contributed by atoms with Gasteiger partial charge in [0.25, 0.3) is 0 Å². The normalized spacial score (nSPS) is 17.1. The van der Waals surface area contributed by atoms with Crippen LogP contribution in [0, 0.1) is 0 Å². The minimum atomic E-state index is 0.201. The molecular formula is C12H20N4O. The molecule has 0 radical (unpaired) electrons. The van der Waals surface area contributed by atoms with E-state index in [2.05, 4.69) is 27.5 Å². The SMILES string of the molecule is CCC1(Nc2ncnc(NC)c2OC)CCC1. The summed E-state index contributed by atoms with van der Waals surface area (Å²) < 4.78 is 5.38. The molecule has 0 atom stereocenters. The van der Waals surface area contributed by atoms with Crippen molar-refractivity contribution in [3.63, 3.8) is 0 Å². The number of anilines is 2. The molecule has 1 aromatic rings. The molecule has 5 heteroatoms. The summed E-state index contributed by atoms with van der Waals surface area (Å²) in [5.41, 5.74) is 0.201. The van der Waals surface area contributed by atoms with Crippen molar-refractivity contribution in [1.29, 1.82) is 0 Å². The Morgan fingerprint density at radius 2 is 2.06 bits per heavy atom. The fourth-order valence-electron chi connectivity index (χ4n) is 2.26. The third kappa shape index (κ3) is 2.14. The summed E-state index contributed by atoms with van der Waals surface area (Å²) in [7, 11) is 3.47. The highest BCUT2D eigenvalue weighted by Crippen LogP contribution is 2.40. The zero-order valence-electron chi connectivity index (χ0n) is 10.7. The lowest BCUT2D eigenvalue weighted by Crippen LogP contribution is -2.44. The lowest BCUT2D eigenvalue weighted by Gasteiger charge is -2.42. The molecule has 0 aliphatic heterocycles. The van der Waals surface area contributed by atoms with Crippen molar-refractivity contribution in [3.05, 3.63) is 6.33 Å². The lowest BCUT2D eigenvalue weighted by atomic mass is 9.75. The smallest absolute Gasteiger partial charge is 0.204 e. The Bertz CT molecular complexity index is 385. The van der Waals surface area contributed by atoms with Gasteiger partial charge in [0.1, 0.15) is 6.33 Å². The molecule has 0 aromatic carbocycles. The molecule has 0 amide bonds. The molecule has 5 nitrogen and oxygen atoms in total. The summed E-state index contributed by atoms with van der Waals surface area (Å²) in [6.07, 6.45) is 6.35. The van der Waals surface area contributed by atoms with Gasteiger partial charge in [-0.25, -0.2) is 9.97 Å². The van der Waals surface area contributed by atoms with Crippen molar-refractivity contribution >= 4 is 11.6 Å². The average molecular weight is 236 g/mol. The molecular weight excluding hydrogens is 216 g/mol. The van der Waals surface area contributed by atoms with Crippen LogP contribution in [-0.4, -0.2) is 29.7 Å². The first-order valence-corrected chi connectivity index (χ1v) is 6.09. The third-order valence-electron chi connectivity index (χ3n) is 3.62. The summed E-state index contributed by atoms with van der Waals surface area (Å²) in [4.78, 5) is 8.43. The van der Waals surface area contributed by atoms with Gasteiger partial charge in [-0.3, -0.25) is 0 Å². The molecule has 2 rings (SSSR count). The van der Waals surface area contributed by atoms with Crippen LogP contribution in [0.5, 0.6) is 5.75 Å². The maximum Gasteiger partial charge on any atom is 0.204 e. The first kappa shape index (κ1) is 12.0. The standard InChI is InChI=1S/C12H20N4O/c1-4-12(6-5-7-12)16-11-9(17-3)10(13-2)14-8-15-11/h8H,4-7H2,1-3H3,(H2,13,14,15,16). The lowest BCUT2D eigenvalue weighted by molar-refractivity contribution is 0.267. The van der Waals surface area contributed by atoms with Gasteiger partial charge < -0.3 is 15.4 Å². The van der Waals surface area contributed by atoms with Crippen molar-refractivity contribution in [2.45, 2.75) is 38.1 Å². The zero-order chi connectivity index (χ0) is 12.3. The van der Waals surface area contributed by atoms with Crippen molar-refractivity contribution in [1.82, 2.24) is 9.97 Å². The molecule has 17 heavy (non-hydrogen) atoms. The van der Waals surface area contributed by atoms with E-state index in [1.807, 2.05) is 7.05 Å². The third-order valence-corrected chi connectivity index (χ3v) is 3.62. The van der Waals surface area contributed by atoms with Gasteiger partial charge in [0.2, 0.25) is 5.75 Å². The number of hydrogen-bond acceptors (Lipinski definition) is 5. The Morgan fingerprint density at radius 3 is 2.53 bits per heavy atom. The molecule has 2 N–H and O–H groups in total. The zero-order valence-corrected chi connectivity index (χ0v) is 10.7. The number of aromatic nitrogens is 2. The molecule has 0 unspecified atom stereocenters. The van der Waals surface area contributed by atoms with Crippen LogP contribution in [-0.2, 0) is 0 Å². The van der Waals surface area contributed by atoms with Gasteiger partial charge in [0.15, 0.2) is 11.6 Å². The number of rotatable bonds is 5. The van der Waals surface area contributed by atoms with Gasteiger partial charge >= 0.3 is 0 Å². The van der Waals surface area contributed by atoms with E-state index >= 15 is 0 Å². The molecule has 1 aliphatic rings. The Kier molecular flexibility index (Phi) is 3.36. The van der Waals surface area contributed by atoms with E-state index in [4.69, 9.17) is 4.74 Å². The van der Waals surface area contributed by atoms with E-state index in [-0.39, 0.29) is 5.54 Å². The van der Waals surface area contributed by atoms with Gasteiger partial charge in [0.05, 0.1) is 7.11 Å². The Labute approximate surface area is 102 Å². The van der Waals surface area contributed by atoms with Crippen LogP contribution >= 0.6 is 0 Å². The summed E-state index contributed by atoms with van der Waals surface area (Å²) in [6, 6.07) is 0. The first-order chi connectivity index (χ1) is 8.24. The van der Waals surface area contributed by atoms with Gasteiger partial charge in [0, 0.05) is 12.6 Å². The van der Waals surface area contributed by atoms with Crippen LogP contribution in [0.15, 0.2) is 6.33 Å². The summed E-state index contributed by atoms with van der Waals surface area (Å²) in [6.45, 7) is 2.21. The maximum atomic E-state index is 5.38. The largest absolute Gasteiger partial charge is 0.490 e. The van der Waals surface area contributed by atoms with Crippen LogP contribution in [0.1, 0.15) is 32.6 Å². The predicted molar refractivity (Wildman–Crippen MR) is 68.6 cm³/mol. The topological polar surface area (TPSA) is 59.1 Å². The van der Waals surface area contributed by atoms with E-state index < -0.39 is 0 Å². The van der Waals surface area contributed by atoms with Crippen LogP contribution in [0.25, 0.3) is 0 Å². The molecule has 0 bridgehead atoms. The number of methoxy groups -OCH3 is 1. The molecule has 1 aliphatic carbocycles. The minimum Gasteiger partial charge on any atom is -0.490 e. The molecule has 0 saturated heterocycles. The van der Waals surface area contributed by atoms with Crippen LogP contribution in [0.4, 0.5) is 11.6 Å². The van der Waals surface area contributed by atoms with Gasteiger partial charge in [-0.1, -0.05) is 6.92 Å². The molecule has 1 saturated carbocycles. The summed E-state index contributed by atoms with van der Waals surface area (Å²) >= 11 is 0. The second-order valence-electron chi connectivity index (χ2n) is 4.47. The highest BCUT2D eigenvalue weighted by atomic mass is 16.5. The molecule has 1 aromatic heterocycles. The van der Waals surface area contributed by atoms with E-state index in [9.17, 15) is 0 Å². The molecule has 1 heterocycles. The monoisotopic (exact) mass is 236 g/mol. The van der Waals surface area contributed by atoms with Gasteiger partial charge in [-0.2, -0.15) is 0 Å². The molecule has 94 valence electrons. The Morgan fingerprint density at radius 1 is 1.35 bits per heavy atom. The van der Waals surface area contributed by atoms with Crippen molar-refractivity contribution in [3.8, 4) is 5.75 Å². The van der Waals surface area contributed by atoms with E-state index in [0.29, 0.717) is 5.75 Å². The molecule has 1 fully saturated rings.